The van der Waals surface area contributed by atoms with Crippen LogP contribution in [0.25, 0.3) is 0 Å². The highest BCUT2D eigenvalue weighted by Crippen LogP contribution is 2.29. The largest absolute Gasteiger partial charge is 0.457 e. The number of amides is 1. The number of hydrazine groups is 1. The first kappa shape index (κ1) is 24.8. The minimum Gasteiger partial charge on any atom is -0.457 e. The second-order valence-corrected chi connectivity index (χ2v) is 9.96. The number of carbonyl (C=O) groups is 2. The molecule has 1 aromatic heterocycles. The molecule has 1 fully saturated rings. The molecule has 9 nitrogen and oxygen atoms in total. The van der Waals surface area contributed by atoms with Gasteiger partial charge in [-0.3, -0.25) is 15.2 Å². The van der Waals surface area contributed by atoms with Gasteiger partial charge in [-0.15, -0.1) is 0 Å². The van der Waals surface area contributed by atoms with Crippen molar-refractivity contribution in [3.63, 3.8) is 0 Å². The van der Waals surface area contributed by atoms with E-state index in [-0.39, 0.29) is 17.4 Å². The van der Waals surface area contributed by atoms with Gasteiger partial charge in [0.1, 0.15) is 18.8 Å². The van der Waals surface area contributed by atoms with Crippen LogP contribution in [0.15, 0.2) is 30.5 Å². The van der Waals surface area contributed by atoms with Crippen LogP contribution in [0.1, 0.15) is 64.1 Å². The Labute approximate surface area is 206 Å². The summed E-state index contributed by atoms with van der Waals surface area (Å²) in [5, 5.41) is 11.5. The van der Waals surface area contributed by atoms with E-state index in [1.54, 1.807) is 12.1 Å². The molecule has 2 aromatic rings. The number of benzene rings is 1. The molecule has 0 radical (unpaired) electrons. The topological polar surface area (TPSA) is 125 Å². The number of cyclic esters (lactones) is 1. The van der Waals surface area contributed by atoms with E-state index < -0.39 is 0 Å². The number of aromatic nitrogens is 1. The molecule has 1 saturated heterocycles. The summed E-state index contributed by atoms with van der Waals surface area (Å²) in [5.41, 5.74) is 4.21. The number of hydrogen-bond acceptors (Lipinski definition) is 7. The molecule has 1 unspecified atom stereocenters. The Balaban J connectivity index is 1.35. The van der Waals surface area contributed by atoms with Gasteiger partial charge in [0, 0.05) is 30.4 Å². The third-order valence-corrected chi connectivity index (χ3v) is 7.35. The van der Waals surface area contributed by atoms with E-state index >= 15 is 0 Å². The number of pyridine rings is 1. The standard InChI is InChI=1S/C26H34N6O3/c1-17-18(6-8-21-22(17)15-35-25(21)34)10-12-31-11-4-5-20(14-31)26(2,3)30-24(33)19-7-9-23(29-13-19)32(28)16-27/h6-9,13,16,20,27H,4-5,10-12,14-15,28H2,1-3H3,(H,30,33). The summed E-state index contributed by atoms with van der Waals surface area (Å²) in [4.78, 5) is 31.4. The SMILES string of the molecule is Cc1c(CCN2CCCC(C(C)(C)NC(=O)c3ccc(N(N)C=N)nc3)C2)ccc2c1COC2=O. The highest BCUT2D eigenvalue weighted by Gasteiger charge is 2.34. The summed E-state index contributed by atoms with van der Waals surface area (Å²) in [6.45, 7) is 9.50. The lowest BCUT2D eigenvalue weighted by Crippen LogP contribution is -2.54. The van der Waals surface area contributed by atoms with E-state index in [1.165, 1.54) is 11.8 Å². The Morgan fingerprint density at radius 1 is 1.37 bits per heavy atom. The average molecular weight is 479 g/mol. The molecule has 1 atom stereocenters. The van der Waals surface area contributed by atoms with Gasteiger partial charge in [0.15, 0.2) is 0 Å². The zero-order chi connectivity index (χ0) is 25.2. The van der Waals surface area contributed by atoms with Crippen molar-refractivity contribution in [2.24, 2.45) is 11.8 Å². The maximum absolute atomic E-state index is 12.9. The average Bonchev–Trinajstić information content (AvgIpc) is 3.24. The molecule has 4 N–H and O–H groups in total. The van der Waals surface area contributed by atoms with Crippen LogP contribution in [0.5, 0.6) is 0 Å². The van der Waals surface area contributed by atoms with Gasteiger partial charge in [0.25, 0.3) is 5.91 Å². The van der Waals surface area contributed by atoms with E-state index in [0.717, 1.165) is 61.4 Å². The number of anilines is 1. The molecule has 0 aliphatic carbocycles. The third-order valence-electron chi connectivity index (χ3n) is 7.35. The first-order valence-electron chi connectivity index (χ1n) is 12.0. The van der Waals surface area contributed by atoms with Crippen LogP contribution in [-0.2, 0) is 17.8 Å². The van der Waals surface area contributed by atoms with Gasteiger partial charge < -0.3 is 15.0 Å². The molecule has 1 aromatic carbocycles. The van der Waals surface area contributed by atoms with E-state index in [9.17, 15) is 9.59 Å². The van der Waals surface area contributed by atoms with Crippen molar-refractivity contribution in [1.82, 2.24) is 15.2 Å². The second kappa shape index (κ2) is 10.1. The number of ether oxygens (including phenoxy) is 1. The van der Waals surface area contributed by atoms with Crippen LogP contribution in [0.2, 0.25) is 0 Å². The Bertz CT molecular complexity index is 1110. The first-order chi connectivity index (χ1) is 16.7. The number of hydrogen-bond donors (Lipinski definition) is 3. The lowest BCUT2D eigenvalue weighted by molar-refractivity contribution is 0.0534. The van der Waals surface area contributed by atoms with Crippen molar-refractivity contribution in [3.05, 3.63) is 58.3 Å². The fourth-order valence-electron chi connectivity index (χ4n) is 5.00. The molecule has 0 saturated carbocycles. The molecule has 186 valence electrons. The number of esters is 1. The normalized spacial score (nSPS) is 18.1. The Hall–Kier alpha value is -3.30. The van der Waals surface area contributed by atoms with Crippen LogP contribution >= 0.6 is 0 Å². The molecule has 0 spiro atoms. The number of nitrogens with one attached hydrogen (secondary N) is 2. The molecule has 9 heteroatoms. The lowest BCUT2D eigenvalue weighted by Gasteiger charge is -2.42. The molecule has 4 rings (SSSR count). The van der Waals surface area contributed by atoms with E-state index in [2.05, 4.69) is 42.0 Å². The van der Waals surface area contributed by atoms with Crippen LogP contribution in [0, 0.1) is 18.3 Å². The van der Waals surface area contributed by atoms with E-state index in [4.69, 9.17) is 16.0 Å². The quantitative estimate of drug-likeness (QED) is 0.175. The van der Waals surface area contributed by atoms with Gasteiger partial charge in [0.2, 0.25) is 0 Å². The first-order valence-corrected chi connectivity index (χ1v) is 12.0. The van der Waals surface area contributed by atoms with E-state index in [1.807, 2.05) is 6.07 Å². The van der Waals surface area contributed by atoms with Gasteiger partial charge in [-0.2, -0.15) is 0 Å². The van der Waals surface area contributed by atoms with Gasteiger partial charge in [-0.05, 0) is 81.8 Å². The zero-order valence-electron chi connectivity index (χ0n) is 20.6. The molecular weight excluding hydrogens is 444 g/mol. The van der Waals surface area contributed by atoms with Gasteiger partial charge in [-0.25, -0.2) is 15.6 Å². The smallest absolute Gasteiger partial charge is 0.338 e. The number of fused-ring (bicyclic) bond motifs is 1. The van der Waals surface area contributed by atoms with Gasteiger partial charge in [0.05, 0.1) is 11.1 Å². The van der Waals surface area contributed by atoms with Crippen LogP contribution < -0.4 is 16.2 Å². The Morgan fingerprint density at radius 3 is 2.89 bits per heavy atom. The molecule has 35 heavy (non-hydrogen) atoms. The lowest BCUT2D eigenvalue weighted by atomic mass is 9.81. The van der Waals surface area contributed by atoms with Crippen molar-refractivity contribution in [2.45, 2.75) is 52.2 Å². The summed E-state index contributed by atoms with van der Waals surface area (Å²) in [6, 6.07) is 7.24. The number of nitrogens with two attached hydrogens (primary N) is 1. The molecule has 1 amide bonds. The maximum Gasteiger partial charge on any atom is 0.338 e. The Morgan fingerprint density at radius 2 is 2.17 bits per heavy atom. The second-order valence-electron chi connectivity index (χ2n) is 9.96. The fraction of sp³-hybridized carbons (Fsp3) is 0.462. The summed E-state index contributed by atoms with van der Waals surface area (Å²) in [6.07, 6.45) is 5.50. The van der Waals surface area contributed by atoms with Crippen molar-refractivity contribution in [3.8, 4) is 0 Å². The molecular formula is C26H34N6O3. The van der Waals surface area contributed by atoms with Crippen LogP contribution in [0.3, 0.4) is 0 Å². The van der Waals surface area contributed by atoms with Crippen LogP contribution in [0.4, 0.5) is 5.82 Å². The van der Waals surface area contributed by atoms with Gasteiger partial charge in [-0.1, -0.05) is 6.07 Å². The van der Waals surface area contributed by atoms with Crippen LogP contribution in [-0.4, -0.2) is 53.3 Å². The number of likely N-dealkylation sites (tertiary alicyclic amines) is 1. The minimum atomic E-state index is -0.384. The van der Waals surface area contributed by atoms with Crippen molar-refractivity contribution < 1.29 is 14.3 Å². The third kappa shape index (κ3) is 5.36. The molecule has 0 bridgehead atoms. The van der Waals surface area contributed by atoms with Crippen molar-refractivity contribution in [1.29, 1.82) is 5.41 Å². The molecule has 2 aliphatic rings. The van der Waals surface area contributed by atoms with E-state index in [0.29, 0.717) is 29.5 Å². The molecule has 2 aliphatic heterocycles. The maximum atomic E-state index is 12.9. The highest BCUT2D eigenvalue weighted by molar-refractivity contribution is 5.95. The number of nitrogens with zero attached hydrogens (tertiary/aromatic N) is 3. The predicted molar refractivity (Wildman–Crippen MR) is 134 cm³/mol. The zero-order valence-corrected chi connectivity index (χ0v) is 20.6. The monoisotopic (exact) mass is 478 g/mol. The summed E-state index contributed by atoms with van der Waals surface area (Å²) in [7, 11) is 0. The fourth-order valence-corrected chi connectivity index (χ4v) is 5.00. The summed E-state index contributed by atoms with van der Waals surface area (Å²) < 4.78 is 5.19. The number of carbonyl (C=O) groups excluding carboxylic acids is 2. The number of rotatable bonds is 8. The van der Waals surface area contributed by atoms with Crippen molar-refractivity contribution >= 4 is 24.0 Å². The predicted octanol–water partition coefficient (Wildman–Crippen LogP) is 2.81. The Kier molecular flexibility index (Phi) is 7.18. The highest BCUT2D eigenvalue weighted by atomic mass is 16.5. The van der Waals surface area contributed by atoms with Crippen molar-refractivity contribution in [2.75, 3.05) is 24.6 Å². The summed E-state index contributed by atoms with van der Waals surface area (Å²) >= 11 is 0. The number of piperidine rings is 1. The minimum absolute atomic E-state index is 0.171. The molecule has 3 heterocycles. The van der Waals surface area contributed by atoms with Gasteiger partial charge >= 0.3 is 5.97 Å². The summed E-state index contributed by atoms with van der Waals surface area (Å²) in [5.74, 6) is 5.96.